The van der Waals surface area contributed by atoms with Crippen LogP contribution in [0.5, 0.6) is 11.5 Å². The van der Waals surface area contributed by atoms with Crippen molar-refractivity contribution >= 4 is 23.3 Å². The van der Waals surface area contributed by atoms with Gasteiger partial charge in [-0.15, -0.1) is 0 Å². The standard InChI is InChI=1S/C22H17F2N3O3S/c1-29-13-9-7-12(8-10-13)15-11-14(19(23)24)18-20(25-15)27(22(31)26-21(18)28)16-5-3-4-6-17(16)30-2/h3-11,19H,1-2H3,(H,26,28,31). The van der Waals surface area contributed by atoms with Crippen LogP contribution in [0.3, 0.4) is 0 Å². The zero-order valence-electron chi connectivity index (χ0n) is 16.6. The van der Waals surface area contributed by atoms with Crippen molar-refractivity contribution in [3.8, 4) is 28.4 Å². The smallest absolute Gasteiger partial charge is 0.264 e. The third kappa shape index (κ3) is 3.68. The second-order valence-electron chi connectivity index (χ2n) is 6.59. The molecule has 2 heterocycles. The fourth-order valence-electron chi connectivity index (χ4n) is 3.38. The van der Waals surface area contributed by atoms with Crippen LogP contribution >= 0.6 is 12.2 Å². The Morgan fingerprint density at radius 3 is 2.42 bits per heavy atom. The summed E-state index contributed by atoms with van der Waals surface area (Å²) in [5.74, 6) is 1.06. The average Bonchev–Trinajstić information content (AvgIpc) is 2.78. The molecule has 0 bridgehead atoms. The molecule has 6 nitrogen and oxygen atoms in total. The molecule has 2 aromatic carbocycles. The summed E-state index contributed by atoms with van der Waals surface area (Å²) >= 11 is 5.37. The van der Waals surface area contributed by atoms with Gasteiger partial charge in [0.15, 0.2) is 10.4 Å². The maximum absolute atomic E-state index is 14.0. The Morgan fingerprint density at radius 1 is 1.06 bits per heavy atom. The van der Waals surface area contributed by atoms with E-state index < -0.39 is 17.5 Å². The molecule has 0 atom stereocenters. The molecule has 1 N–H and O–H groups in total. The Morgan fingerprint density at radius 2 is 1.77 bits per heavy atom. The lowest BCUT2D eigenvalue weighted by Gasteiger charge is -2.16. The van der Waals surface area contributed by atoms with Gasteiger partial charge < -0.3 is 9.47 Å². The van der Waals surface area contributed by atoms with Crippen LogP contribution in [0.4, 0.5) is 8.78 Å². The fraction of sp³-hybridized carbons (Fsp3) is 0.136. The normalized spacial score (nSPS) is 11.1. The predicted molar refractivity (Wildman–Crippen MR) is 116 cm³/mol. The number of aromatic nitrogens is 3. The number of nitrogens with one attached hydrogen (secondary N) is 1. The molecule has 4 rings (SSSR count). The van der Waals surface area contributed by atoms with Gasteiger partial charge in [0.1, 0.15) is 11.5 Å². The molecule has 31 heavy (non-hydrogen) atoms. The number of H-pyrrole nitrogens is 1. The summed E-state index contributed by atoms with van der Waals surface area (Å²) in [6.07, 6.45) is -2.90. The molecule has 0 radical (unpaired) electrons. The van der Waals surface area contributed by atoms with Crippen molar-refractivity contribution < 1.29 is 18.3 Å². The third-order valence-corrected chi connectivity index (χ3v) is 5.12. The lowest BCUT2D eigenvalue weighted by atomic mass is 10.1. The van der Waals surface area contributed by atoms with Crippen molar-refractivity contribution in [1.82, 2.24) is 14.5 Å². The van der Waals surface area contributed by atoms with E-state index in [1.54, 1.807) is 48.5 Å². The number of alkyl halides is 2. The molecule has 158 valence electrons. The monoisotopic (exact) mass is 441 g/mol. The molecule has 2 aromatic heterocycles. The van der Waals surface area contributed by atoms with Crippen molar-refractivity contribution in [3.63, 3.8) is 0 Å². The van der Waals surface area contributed by atoms with Crippen molar-refractivity contribution in [2.75, 3.05) is 14.2 Å². The number of aromatic amines is 1. The van der Waals surface area contributed by atoms with E-state index in [1.807, 2.05) is 0 Å². The molecule has 0 amide bonds. The van der Waals surface area contributed by atoms with Crippen LogP contribution in [0.15, 0.2) is 59.4 Å². The summed E-state index contributed by atoms with van der Waals surface area (Å²) < 4.78 is 40.0. The van der Waals surface area contributed by atoms with Crippen molar-refractivity contribution in [1.29, 1.82) is 0 Å². The van der Waals surface area contributed by atoms with E-state index in [2.05, 4.69) is 9.97 Å². The van der Waals surface area contributed by atoms with Gasteiger partial charge in [0.05, 0.1) is 31.0 Å². The minimum absolute atomic E-state index is 0.0154. The Hall–Kier alpha value is -3.59. The molecule has 0 fully saturated rings. The first-order valence-electron chi connectivity index (χ1n) is 9.20. The maximum Gasteiger partial charge on any atom is 0.264 e. The number of hydrogen-bond donors (Lipinski definition) is 1. The van der Waals surface area contributed by atoms with E-state index in [9.17, 15) is 13.6 Å². The molecule has 0 spiro atoms. The molecule has 0 aliphatic rings. The van der Waals surface area contributed by atoms with Crippen LogP contribution in [-0.2, 0) is 0 Å². The first-order valence-corrected chi connectivity index (χ1v) is 9.61. The summed E-state index contributed by atoms with van der Waals surface area (Å²) in [4.78, 5) is 19.7. The minimum Gasteiger partial charge on any atom is -0.497 e. The van der Waals surface area contributed by atoms with E-state index in [0.29, 0.717) is 22.7 Å². The molecule has 0 aliphatic heterocycles. The summed E-state index contributed by atoms with van der Waals surface area (Å²) in [5.41, 5.74) is 0.181. The fourth-order valence-corrected chi connectivity index (χ4v) is 3.65. The highest BCUT2D eigenvalue weighted by atomic mass is 32.1. The number of methoxy groups -OCH3 is 2. The quantitative estimate of drug-likeness (QED) is 0.438. The number of para-hydroxylation sites is 2. The van der Waals surface area contributed by atoms with Gasteiger partial charge in [-0.25, -0.2) is 13.8 Å². The van der Waals surface area contributed by atoms with Gasteiger partial charge in [-0.2, -0.15) is 0 Å². The highest BCUT2D eigenvalue weighted by Gasteiger charge is 2.22. The SMILES string of the molecule is COc1ccc(-c2cc(C(F)F)c3c(=O)[nH]c(=S)n(-c4ccccc4OC)c3n2)cc1. The molecule has 0 unspecified atom stereocenters. The van der Waals surface area contributed by atoms with Gasteiger partial charge in [0.2, 0.25) is 0 Å². The zero-order chi connectivity index (χ0) is 22.1. The molecule has 0 saturated heterocycles. The van der Waals surface area contributed by atoms with E-state index in [1.165, 1.54) is 24.9 Å². The van der Waals surface area contributed by atoms with E-state index in [-0.39, 0.29) is 21.5 Å². The van der Waals surface area contributed by atoms with Crippen LogP contribution in [0, 0.1) is 4.77 Å². The Bertz CT molecular complexity index is 1380. The van der Waals surface area contributed by atoms with Crippen molar-refractivity contribution in [2.24, 2.45) is 0 Å². The van der Waals surface area contributed by atoms with Crippen LogP contribution in [0.25, 0.3) is 28.0 Å². The first kappa shape index (κ1) is 20.7. The molecule has 0 saturated carbocycles. The molecular weight excluding hydrogens is 424 g/mol. The van der Waals surface area contributed by atoms with Gasteiger partial charge in [-0.3, -0.25) is 14.3 Å². The second-order valence-corrected chi connectivity index (χ2v) is 6.98. The molecule has 4 aromatic rings. The minimum atomic E-state index is -2.90. The third-order valence-electron chi connectivity index (χ3n) is 4.84. The van der Waals surface area contributed by atoms with E-state index in [0.717, 1.165) is 0 Å². The number of pyridine rings is 1. The van der Waals surface area contributed by atoms with Gasteiger partial charge in [0.25, 0.3) is 12.0 Å². The lowest BCUT2D eigenvalue weighted by molar-refractivity contribution is 0.153. The maximum atomic E-state index is 14.0. The molecular formula is C22H17F2N3O3S. The zero-order valence-corrected chi connectivity index (χ0v) is 17.4. The number of nitrogens with zero attached hydrogens (tertiary/aromatic N) is 2. The predicted octanol–water partition coefficient (Wildman–Crippen LogP) is 5.07. The number of hydrogen-bond acceptors (Lipinski definition) is 5. The largest absolute Gasteiger partial charge is 0.497 e. The summed E-state index contributed by atoms with van der Waals surface area (Å²) in [7, 11) is 3.02. The van der Waals surface area contributed by atoms with Gasteiger partial charge >= 0.3 is 0 Å². The number of halogens is 2. The van der Waals surface area contributed by atoms with Crippen molar-refractivity contribution in [3.05, 3.63) is 75.3 Å². The lowest BCUT2D eigenvalue weighted by Crippen LogP contribution is -2.17. The Kier molecular flexibility index (Phi) is 5.51. The Labute approximate surface area is 180 Å². The summed E-state index contributed by atoms with van der Waals surface area (Å²) in [6, 6.07) is 15.0. The highest BCUT2D eigenvalue weighted by Crippen LogP contribution is 2.32. The van der Waals surface area contributed by atoms with E-state index >= 15 is 0 Å². The Balaban J connectivity index is 2.12. The van der Waals surface area contributed by atoms with Gasteiger partial charge in [0, 0.05) is 11.1 Å². The van der Waals surface area contributed by atoms with Gasteiger partial charge in [-0.05, 0) is 54.7 Å². The van der Waals surface area contributed by atoms with Crippen LogP contribution in [-0.4, -0.2) is 28.8 Å². The van der Waals surface area contributed by atoms with Crippen LogP contribution < -0.4 is 15.0 Å². The van der Waals surface area contributed by atoms with Crippen molar-refractivity contribution in [2.45, 2.75) is 6.43 Å². The summed E-state index contributed by atoms with van der Waals surface area (Å²) in [5, 5.41) is -0.230. The number of rotatable bonds is 5. The second kappa shape index (κ2) is 8.27. The number of fused-ring (bicyclic) bond motifs is 1. The van der Waals surface area contributed by atoms with Crippen LogP contribution in [0.2, 0.25) is 0 Å². The number of ether oxygens (including phenoxy) is 2. The summed E-state index contributed by atoms with van der Waals surface area (Å²) in [6.45, 7) is 0. The number of benzene rings is 2. The van der Waals surface area contributed by atoms with Gasteiger partial charge in [-0.1, -0.05) is 12.1 Å². The molecule has 9 heteroatoms. The molecule has 0 aliphatic carbocycles. The average molecular weight is 441 g/mol. The first-order chi connectivity index (χ1) is 14.9. The van der Waals surface area contributed by atoms with E-state index in [4.69, 9.17) is 21.7 Å². The topological polar surface area (TPSA) is 69.1 Å². The highest BCUT2D eigenvalue weighted by molar-refractivity contribution is 7.71. The van der Waals surface area contributed by atoms with Crippen LogP contribution in [0.1, 0.15) is 12.0 Å².